The number of rotatable bonds is 4. The predicted molar refractivity (Wildman–Crippen MR) is 96.0 cm³/mol. The molecule has 0 bridgehead atoms. The molecule has 0 atom stereocenters. The van der Waals surface area contributed by atoms with E-state index in [4.69, 9.17) is 0 Å². The van der Waals surface area contributed by atoms with Crippen LogP contribution in [-0.4, -0.2) is 66.9 Å². The van der Waals surface area contributed by atoms with E-state index in [-0.39, 0.29) is 23.8 Å². The molecule has 7 heteroatoms. The maximum Gasteiger partial charge on any atom is 0.319 e. The number of piperidine rings is 1. The maximum atomic E-state index is 12.8. The number of likely N-dealkylation sites (N-methyl/N-ethyl adjacent to an activating group) is 1. The lowest BCUT2D eigenvalue weighted by Crippen LogP contribution is -2.61. The molecule has 0 radical (unpaired) electrons. The highest BCUT2D eigenvalue weighted by Crippen LogP contribution is 2.30. The van der Waals surface area contributed by atoms with E-state index >= 15 is 0 Å². The normalized spacial score (nSPS) is 20.7. The lowest BCUT2D eigenvalue weighted by Gasteiger charge is -2.39. The highest BCUT2D eigenvalue weighted by molar-refractivity contribution is 5.92. The number of carbonyl (C=O) groups excluding carboxylic acids is 3. The summed E-state index contributed by atoms with van der Waals surface area (Å²) in [7, 11) is 3.47. The van der Waals surface area contributed by atoms with Gasteiger partial charge in [0.2, 0.25) is 11.8 Å². The summed E-state index contributed by atoms with van der Waals surface area (Å²) < 4.78 is 0. The highest BCUT2D eigenvalue weighted by atomic mass is 16.2. The third-order valence-electron chi connectivity index (χ3n) is 5.36. The molecule has 2 N–H and O–H groups in total. The zero-order valence-corrected chi connectivity index (χ0v) is 15.8. The van der Waals surface area contributed by atoms with Crippen molar-refractivity contribution in [2.45, 2.75) is 57.4 Å². The molecule has 1 saturated carbocycles. The molecule has 7 nitrogen and oxygen atoms in total. The molecule has 2 aliphatic rings. The van der Waals surface area contributed by atoms with Gasteiger partial charge in [0.15, 0.2) is 0 Å². The van der Waals surface area contributed by atoms with Gasteiger partial charge in [0, 0.05) is 39.6 Å². The molecule has 0 unspecified atom stereocenters. The van der Waals surface area contributed by atoms with Crippen LogP contribution in [0.4, 0.5) is 4.79 Å². The summed E-state index contributed by atoms with van der Waals surface area (Å²) in [6.45, 7) is 3.64. The van der Waals surface area contributed by atoms with Gasteiger partial charge < -0.3 is 20.4 Å². The fourth-order valence-electron chi connectivity index (χ4n) is 3.85. The summed E-state index contributed by atoms with van der Waals surface area (Å²) >= 11 is 0. The standard InChI is InChI=1S/C18H32N4O3/c1-4-19-16(24)18(10-6-5-7-11-18)20-15(23)14-8-12-22(13-9-14)17(25)21(2)3/h14H,4-13H2,1-3H3,(H,19,24)(H,20,23). The SMILES string of the molecule is CCNC(=O)C1(NC(=O)C2CCN(C(=O)N(C)C)CC2)CCCCC1. The van der Waals surface area contributed by atoms with Crippen molar-refractivity contribution in [3.8, 4) is 0 Å². The van der Waals surface area contributed by atoms with E-state index in [0.29, 0.717) is 45.3 Å². The molecule has 0 aromatic rings. The highest BCUT2D eigenvalue weighted by Gasteiger charge is 2.42. The second-order valence-electron chi connectivity index (χ2n) is 7.43. The number of likely N-dealkylation sites (tertiary alicyclic amines) is 1. The van der Waals surface area contributed by atoms with Crippen molar-refractivity contribution in [2.75, 3.05) is 33.7 Å². The first-order valence-electron chi connectivity index (χ1n) is 9.46. The average Bonchev–Trinajstić information content (AvgIpc) is 2.62. The number of nitrogens with zero attached hydrogens (tertiary/aromatic N) is 2. The molecule has 25 heavy (non-hydrogen) atoms. The quantitative estimate of drug-likeness (QED) is 0.801. The zero-order chi connectivity index (χ0) is 18.4. The molecule has 1 heterocycles. The van der Waals surface area contributed by atoms with Gasteiger partial charge in [-0.15, -0.1) is 0 Å². The Hall–Kier alpha value is -1.79. The molecule has 1 aliphatic heterocycles. The number of hydrogen-bond donors (Lipinski definition) is 2. The van der Waals surface area contributed by atoms with E-state index < -0.39 is 5.54 Å². The summed E-state index contributed by atoms with van der Waals surface area (Å²) in [4.78, 5) is 40.7. The summed E-state index contributed by atoms with van der Waals surface area (Å²) in [5, 5.41) is 5.98. The van der Waals surface area contributed by atoms with Crippen molar-refractivity contribution in [2.24, 2.45) is 5.92 Å². The van der Waals surface area contributed by atoms with Gasteiger partial charge in [-0.2, -0.15) is 0 Å². The van der Waals surface area contributed by atoms with E-state index in [1.807, 2.05) is 6.92 Å². The van der Waals surface area contributed by atoms with Gasteiger partial charge in [-0.1, -0.05) is 19.3 Å². The Bertz CT molecular complexity index is 493. The molecule has 4 amide bonds. The van der Waals surface area contributed by atoms with Crippen LogP contribution < -0.4 is 10.6 Å². The van der Waals surface area contributed by atoms with Crippen LogP contribution in [0.25, 0.3) is 0 Å². The Morgan fingerprint density at radius 3 is 2.20 bits per heavy atom. The second kappa shape index (κ2) is 8.54. The van der Waals surface area contributed by atoms with E-state index in [0.717, 1.165) is 19.3 Å². The Balaban J connectivity index is 1.95. The molecular weight excluding hydrogens is 320 g/mol. The van der Waals surface area contributed by atoms with Gasteiger partial charge in [-0.3, -0.25) is 9.59 Å². The van der Waals surface area contributed by atoms with Gasteiger partial charge in [-0.25, -0.2) is 4.79 Å². The van der Waals surface area contributed by atoms with Crippen LogP contribution in [0, 0.1) is 5.92 Å². The van der Waals surface area contributed by atoms with Crippen LogP contribution in [0.5, 0.6) is 0 Å². The smallest absolute Gasteiger partial charge is 0.319 e. The van der Waals surface area contributed by atoms with Gasteiger partial charge in [0.1, 0.15) is 5.54 Å². The summed E-state index contributed by atoms with van der Waals surface area (Å²) in [6, 6.07) is -0.00932. The minimum Gasteiger partial charge on any atom is -0.354 e. The van der Waals surface area contributed by atoms with Crippen molar-refractivity contribution in [3.05, 3.63) is 0 Å². The van der Waals surface area contributed by atoms with Crippen molar-refractivity contribution in [1.82, 2.24) is 20.4 Å². The topological polar surface area (TPSA) is 81.8 Å². The van der Waals surface area contributed by atoms with Crippen LogP contribution in [0.3, 0.4) is 0 Å². The number of hydrogen-bond acceptors (Lipinski definition) is 3. The Labute approximate surface area is 150 Å². The van der Waals surface area contributed by atoms with E-state index in [1.54, 1.807) is 23.9 Å². The summed E-state index contributed by atoms with van der Waals surface area (Å²) in [6.07, 6.45) is 5.77. The second-order valence-corrected chi connectivity index (χ2v) is 7.43. The van der Waals surface area contributed by atoms with Crippen LogP contribution in [0.1, 0.15) is 51.9 Å². The van der Waals surface area contributed by atoms with Crippen molar-refractivity contribution >= 4 is 17.8 Å². The van der Waals surface area contributed by atoms with Crippen LogP contribution >= 0.6 is 0 Å². The first kappa shape index (κ1) is 19.5. The van der Waals surface area contributed by atoms with Crippen molar-refractivity contribution in [1.29, 1.82) is 0 Å². The first-order valence-corrected chi connectivity index (χ1v) is 9.46. The molecule has 2 fully saturated rings. The molecule has 0 aromatic heterocycles. The van der Waals surface area contributed by atoms with Gasteiger partial charge in [-0.05, 0) is 32.6 Å². The lowest BCUT2D eigenvalue weighted by atomic mass is 9.80. The summed E-state index contributed by atoms with van der Waals surface area (Å²) in [5.41, 5.74) is -0.748. The monoisotopic (exact) mass is 352 g/mol. The predicted octanol–water partition coefficient (Wildman–Crippen LogP) is 1.34. The van der Waals surface area contributed by atoms with E-state index in [9.17, 15) is 14.4 Å². The number of carbonyl (C=O) groups is 3. The van der Waals surface area contributed by atoms with Crippen LogP contribution in [0.15, 0.2) is 0 Å². The Kier molecular flexibility index (Phi) is 6.67. The molecule has 0 aromatic carbocycles. The largest absolute Gasteiger partial charge is 0.354 e. The van der Waals surface area contributed by atoms with Crippen LogP contribution in [-0.2, 0) is 9.59 Å². The number of nitrogens with one attached hydrogen (secondary N) is 2. The number of amides is 4. The Morgan fingerprint density at radius 1 is 1.08 bits per heavy atom. The molecule has 1 saturated heterocycles. The molecule has 142 valence electrons. The maximum absolute atomic E-state index is 12.8. The van der Waals surface area contributed by atoms with Crippen molar-refractivity contribution < 1.29 is 14.4 Å². The number of urea groups is 1. The van der Waals surface area contributed by atoms with Crippen molar-refractivity contribution in [3.63, 3.8) is 0 Å². The van der Waals surface area contributed by atoms with Gasteiger partial charge in [0.25, 0.3) is 0 Å². The molecule has 2 rings (SSSR count). The third-order valence-corrected chi connectivity index (χ3v) is 5.36. The van der Waals surface area contributed by atoms with E-state index in [2.05, 4.69) is 10.6 Å². The summed E-state index contributed by atoms with van der Waals surface area (Å²) in [5.74, 6) is -0.215. The molecule has 1 aliphatic carbocycles. The molecular formula is C18H32N4O3. The van der Waals surface area contributed by atoms with Crippen LogP contribution in [0.2, 0.25) is 0 Å². The van der Waals surface area contributed by atoms with Gasteiger partial charge >= 0.3 is 6.03 Å². The Morgan fingerprint density at radius 2 is 1.68 bits per heavy atom. The fourth-order valence-corrected chi connectivity index (χ4v) is 3.85. The lowest BCUT2D eigenvalue weighted by molar-refractivity contribution is -0.137. The minimum absolute atomic E-state index is 0.00932. The third kappa shape index (κ3) is 4.64. The fraction of sp³-hybridized carbons (Fsp3) is 0.833. The first-order chi connectivity index (χ1) is 11.9. The molecule has 0 spiro atoms. The minimum atomic E-state index is -0.748. The van der Waals surface area contributed by atoms with Gasteiger partial charge in [0.05, 0.1) is 0 Å². The average molecular weight is 352 g/mol. The zero-order valence-electron chi connectivity index (χ0n) is 15.8. The van der Waals surface area contributed by atoms with E-state index in [1.165, 1.54) is 0 Å².